The van der Waals surface area contributed by atoms with Crippen LogP contribution >= 0.6 is 23.2 Å². The molecule has 1 aromatic heterocycles. The Bertz CT molecular complexity index is 860. The van der Waals surface area contributed by atoms with E-state index in [1.807, 2.05) is 48.5 Å². The number of para-hydroxylation sites is 1. The summed E-state index contributed by atoms with van der Waals surface area (Å²) in [4.78, 5) is 12.0. The number of carbonyl (C=O) groups excluding carboxylic acids is 1. The molecule has 0 bridgehead atoms. The fourth-order valence-electron chi connectivity index (χ4n) is 2.59. The summed E-state index contributed by atoms with van der Waals surface area (Å²) in [6, 6.07) is 15.4. The molecular weight excluding hydrogens is 345 g/mol. The highest BCUT2D eigenvalue weighted by Gasteiger charge is 2.09. The molecule has 0 aliphatic rings. The number of halogens is 2. The minimum atomic E-state index is -0.00673. The fraction of sp³-hybridized carbons (Fsp3) is 0.222. The molecule has 1 N–H and O–H groups in total. The van der Waals surface area contributed by atoms with Crippen molar-refractivity contribution in [2.75, 3.05) is 6.54 Å². The molecule has 0 atom stereocenters. The molecule has 3 aromatic rings. The summed E-state index contributed by atoms with van der Waals surface area (Å²) in [7, 11) is 0. The number of nitrogens with one attached hydrogen (secondary N) is 1. The van der Waals surface area contributed by atoms with Crippen molar-refractivity contribution >= 4 is 40.0 Å². The molecule has 1 heterocycles. The second-order valence-electron chi connectivity index (χ2n) is 5.51. The van der Waals surface area contributed by atoms with Crippen LogP contribution in [0.25, 0.3) is 10.9 Å². The lowest BCUT2D eigenvalue weighted by molar-refractivity contribution is -0.121. The lowest BCUT2D eigenvalue weighted by atomic mass is 10.1. The monoisotopic (exact) mass is 361 g/mol. The third-order valence-electron chi connectivity index (χ3n) is 3.79. The van der Waals surface area contributed by atoms with E-state index in [-0.39, 0.29) is 5.91 Å². The first-order valence-corrected chi connectivity index (χ1v) is 8.51. The SMILES string of the molecule is O=C(CCn1nc(Cl)c2ccccc21)NCCc1cccc(Cl)c1. The normalized spacial score (nSPS) is 10.9. The Hall–Kier alpha value is -2.04. The van der Waals surface area contributed by atoms with Gasteiger partial charge in [0.05, 0.1) is 12.1 Å². The van der Waals surface area contributed by atoms with Gasteiger partial charge in [-0.25, -0.2) is 0 Å². The Kier molecular flexibility index (Phi) is 5.38. The summed E-state index contributed by atoms with van der Waals surface area (Å²) in [6.07, 6.45) is 1.11. The maximum absolute atomic E-state index is 12.0. The van der Waals surface area contributed by atoms with Crippen molar-refractivity contribution < 1.29 is 4.79 Å². The van der Waals surface area contributed by atoms with Crippen molar-refractivity contribution in [1.82, 2.24) is 15.1 Å². The van der Waals surface area contributed by atoms with Gasteiger partial charge in [0.25, 0.3) is 0 Å². The number of hydrogen-bond acceptors (Lipinski definition) is 2. The van der Waals surface area contributed by atoms with Crippen LogP contribution in [-0.2, 0) is 17.8 Å². The summed E-state index contributed by atoms with van der Waals surface area (Å²) >= 11 is 12.1. The number of carbonyl (C=O) groups is 1. The highest BCUT2D eigenvalue weighted by Crippen LogP contribution is 2.22. The number of aryl methyl sites for hydroxylation is 1. The van der Waals surface area contributed by atoms with Crippen molar-refractivity contribution in [3.8, 4) is 0 Å². The van der Waals surface area contributed by atoms with Gasteiger partial charge in [-0.15, -0.1) is 0 Å². The van der Waals surface area contributed by atoms with Crippen LogP contribution in [-0.4, -0.2) is 22.2 Å². The Balaban J connectivity index is 1.50. The average molecular weight is 362 g/mol. The van der Waals surface area contributed by atoms with Gasteiger partial charge in [-0.05, 0) is 36.2 Å². The largest absolute Gasteiger partial charge is 0.356 e. The second kappa shape index (κ2) is 7.69. The van der Waals surface area contributed by atoms with Crippen LogP contribution in [0.1, 0.15) is 12.0 Å². The number of benzene rings is 2. The number of hydrogen-bond donors (Lipinski definition) is 1. The maximum atomic E-state index is 12.0. The van der Waals surface area contributed by atoms with Gasteiger partial charge >= 0.3 is 0 Å². The molecule has 1 amide bonds. The van der Waals surface area contributed by atoms with E-state index in [4.69, 9.17) is 23.2 Å². The number of amides is 1. The smallest absolute Gasteiger partial charge is 0.221 e. The summed E-state index contributed by atoms with van der Waals surface area (Å²) in [5.74, 6) is -0.00673. The third-order valence-corrected chi connectivity index (χ3v) is 4.30. The lowest BCUT2D eigenvalue weighted by Crippen LogP contribution is -2.26. The molecule has 0 fully saturated rings. The number of rotatable bonds is 6. The molecule has 0 saturated heterocycles. The first-order chi connectivity index (χ1) is 11.6. The molecule has 124 valence electrons. The highest BCUT2D eigenvalue weighted by molar-refractivity contribution is 6.34. The van der Waals surface area contributed by atoms with Crippen LogP contribution in [0.4, 0.5) is 0 Å². The van der Waals surface area contributed by atoms with Gasteiger partial charge in [0, 0.05) is 23.4 Å². The van der Waals surface area contributed by atoms with Gasteiger partial charge < -0.3 is 5.32 Å². The Morgan fingerprint density at radius 3 is 2.79 bits per heavy atom. The molecule has 24 heavy (non-hydrogen) atoms. The predicted molar refractivity (Wildman–Crippen MR) is 97.5 cm³/mol. The van der Waals surface area contributed by atoms with E-state index in [9.17, 15) is 4.79 Å². The van der Waals surface area contributed by atoms with Crippen LogP contribution in [0.15, 0.2) is 48.5 Å². The zero-order chi connectivity index (χ0) is 16.9. The molecule has 3 rings (SSSR count). The Labute approximate surface area is 150 Å². The van der Waals surface area contributed by atoms with Gasteiger partial charge in [-0.2, -0.15) is 5.10 Å². The van der Waals surface area contributed by atoms with E-state index >= 15 is 0 Å². The highest BCUT2D eigenvalue weighted by atomic mass is 35.5. The van der Waals surface area contributed by atoms with Crippen molar-refractivity contribution in [2.45, 2.75) is 19.4 Å². The number of nitrogens with zero attached hydrogens (tertiary/aromatic N) is 2. The summed E-state index contributed by atoms with van der Waals surface area (Å²) in [6.45, 7) is 1.08. The van der Waals surface area contributed by atoms with Crippen LogP contribution in [0.3, 0.4) is 0 Å². The molecule has 0 aliphatic heterocycles. The topological polar surface area (TPSA) is 46.9 Å². The zero-order valence-electron chi connectivity index (χ0n) is 13.0. The van der Waals surface area contributed by atoms with E-state index in [0.29, 0.717) is 29.7 Å². The number of fused-ring (bicyclic) bond motifs is 1. The first kappa shape index (κ1) is 16.8. The van der Waals surface area contributed by atoms with E-state index in [1.165, 1.54) is 0 Å². The van der Waals surface area contributed by atoms with Crippen molar-refractivity contribution in [1.29, 1.82) is 0 Å². The quantitative estimate of drug-likeness (QED) is 0.718. The van der Waals surface area contributed by atoms with Gasteiger partial charge in [0.15, 0.2) is 5.15 Å². The van der Waals surface area contributed by atoms with E-state index in [2.05, 4.69) is 10.4 Å². The van der Waals surface area contributed by atoms with Gasteiger partial charge in [-0.3, -0.25) is 9.48 Å². The molecule has 0 saturated carbocycles. The molecule has 0 unspecified atom stereocenters. The standard InChI is InChI=1S/C18H17Cl2N3O/c19-14-5-3-4-13(12-14)8-10-21-17(24)9-11-23-16-7-2-1-6-15(16)18(20)22-23/h1-7,12H,8-11H2,(H,21,24). The maximum Gasteiger partial charge on any atom is 0.221 e. The van der Waals surface area contributed by atoms with Crippen molar-refractivity contribution in [3.63, 3.8) is 0 Å². The van der Waals surface area contributed by atoms with Crippen molar-refractivity contribution in [3.05, 3.63) is 64.3 Å². The van der Waals surface area contributed by atoms with Gasteiger partial charge in [-0.1, -0.05) is 47.5 Å². The molecule has 0 spiro atoms. The van der Waals surface area contributed by atoms with Gasteiger partial charge in [0.2, 0.25) is 5.91 Å². The molecule has 2 aromatic carbocycles. The van der Waals surface area contributed by atoms with Crippen LogP contribution in [0.5, 0.6) is 0 Å². The molecular formula is C18H17Cl2N3O. The minimum absolute atomic E-state index is 0.00673. The molecule has 6 heteroatoms. The lowest BCUT2D eigenvalue weighted by Gasteiger charge is -2.06. The average Bonchev–Trinajstić information content (AvgIpc) is 2.90. The van der Waals surface area contributed by atoms with Crippen molar-refractivity contribution in [2.24, 2.45) is 0 Å². The summed E-state index contributed by atoms with van der Waals surface area (Å²) < 4.78 is 1.77. The van der Waals surface area contributed by atoms with Crippen LogP contribution in [0, 0.1) is 0 Å². The first-order valence-electron chi connectivity index (χ1n) is 7.75. The zero-order valence-corrected chi connectivity index (χ0v) is 14.5. The van der Waals surface area contributed by atoms with Crippen LogP contribution in [0.2, 0.25) is 10.2 Å². The molecule has 4 nitrogen and oxygen atoms in total. The Morgan fingerprint density at radius 1 is 1.12 bits per heavy atom. The van der Waals surface area contributed by atoms with E-state index < -0.39 is 0 Å². The fourth-order valence-corrected chi connectivity index (χ4v) is 3.06. The predicted octanol–water partition coefficient (Wildman–Crippen LogP) is 4.09. The van der Waals surface area contributed by atoms with E-state index in [0.717, 1.165) is 22.9 Å². The third kappa shape index (κ3) is 4.08. The number of aromatic nitrogens is 2. The summed E-state index contributed by atoms with van der Waals surface area (Å²) in [5.41, 5.74) is 2.04. The Morgan fingerprint density at radius 2 is 1.96 bits per heavy atom. The van der Waals surface area contributed by atoms with E-state index in [1.54, 1.807) is 4.68 Å². The van der Waals surface area contributed by atoms with Crippen LogP contribution < -0.4 is 5.32 Å². The van der Waals surface area contributed by atoms with Gasteiger partial charge in [0.1, 0.15) is 0 Å². The molecule has 0 radical (unpaired) electrons. The summed E-state index contributed by atoms with van der Waals surface area (Å²) in [5, 5.41) is 9.28. The second-order valence-corrected chi connectivity index (χ2v) is 6.31. The molecule has 0 aliphatic carbocycles. The minimum Gasteiger partial charge on any atom is -0.356 e.